The molecule has 0 radical (unpaired) electrons. The summed E-state index contributed by atoms with van der Waals surface area (Å²) in [5.41, 5.74) is 6.39. The first-order valence-electron chi connectivity index (χ1n) is 5.17. The highest BCUT2D eigenvalue weighted by Gasteiger charge is 2.14. The van der Waals surface area contributed by atoms with Crippen molar-refractivity contribution >= 4 is 17.3 Å². The number of aromatic nitrogens is 2. The highest BCUT2D eigenvalue weighted by atomic mass is 15.1. The van der Waals surface area contributed by atoms with Crippen molar-refractivity contribution in [2.75, 3.05) is 22.9 Å². The summed E-state index contributed by atoms with van der Waals surface area (Å²) < 4.78 is 0. The molecule has 0 aliphatic heterocycles. The quantitative estimate of drug-likeness (QED) is 0.677. The van der Waals surface area contributed by atoms with Crippen LogP contribution in [0.2, 0.25) is 0 Å². The first-order valence-corrected chi connectivity index (χ1v) is 5.17. The average Bonchev–Trinajstić information content (AvgIpc) is 2.17. The number of rotatable bonds is 4. The highest BCUT2D eigenvalue weighted by Crippen LogP contribution is 2.24. The molecule has 5 heteroatoms. The molecule has 1 aromatic heterocycles. The van der Waals surface area contributed by atoms with Gasteiger partial charge in [-0.3, -0.25) is 0 Å². The van der Waals surface area contributed by atoms with E-state index in [4.69, 9.17) is 5.73 Å². The Kier molecular flexibility index (Phi) is 3.71. The Balaban J connectivity index is 2.90. The molecule has 0 saturated carbocycles. The molecule has 0 amide bonds. The molecule has 0 bridgehead atoms. The van der Waals surface area contributed by atoms with Gasteiger partial charge in [0, 0.05) is 12.1 Å². The summed E-state index contributed by atoms with van der Waals surface area (Å²) >= 11 is 0. The maximum absolute atomic E-state index is 5.95. The predicted molar refractivity (Wildman–Crippen MR) is 68.5 cm³/mol. The molecular weight excluding hydrogens is 202 g/mol. The van der Waals surface area contributed by atoms with Gasteiger partial charge < -0.3 is 16.4 Å². The van der Waals surface area contributed by atoms with Crippen LogP contribution in [0.15, 0.2) is 19.0 Å². The largest absolute Gasteiger partial charge is 0.393 e. The minimum atomic E-state index is -0.0851. The molecule has 16 heavy (non-hydrogen) atoms. The Morgan fingerprint density at radius 3 is 2.56 bits per heavy atom. The number of nitrogen functional groups attached to an aromatic ring is 1. The fourth-order valence-electron chi connectivity index (χ4n) is 1.16. The summed E-state index contributed by atoms with van der Waals surface area (Å²) in [5.74, 6) is 1.27. The number of anilines is 3. The number of nitrogens with one attached hydrogen (secondary N) is 2. The minimum absolute atomic E-state index is 0.0851. The van der Waals surface area contributed by atoms with E-state index < -0.39 is 0 Å². The Hall–Kier alpha value is -1.78. The van der Waals surface area contributed by atoms with Gasteiger partial charge in [0.25, 0.3) is 0 Å². The van der Waals surface area contributed by atoms with Crippen LogP contribution in [0.1, 0.15) is 20.8 Å². The summed E-state index contributed by atoms with van der Waals surface area (Å²) in [6.45, 7) is 10.4. The first kappa shape index (κ1) is 12.3. The third-order valence-electron chi connectivity index (χ3n) is 1.79. The van der Waals surface area contributed by atoms with Crippen molar-refractivity contribution in [3.05, 3.63) is 19.0 Å². The van der Waals surface area contributed by atoms with Gasteiger partial charge in [-0.1, -0.05) is 6.08 Å². The van der Waals surface area contributed by atoms with Crippen LogP contribution in [0.5, 0.6) is 0 Å². The van der Waals surface area contributed by atoms with Crippen molar-refractivity contribution < 1.29 is 0 Å². The third kappa shape index (κ3) is 3.42. The van der Waals surface area contributed by atoms with Crippen molar-refractivity contribution in [3.8, 4) is 0 Å². The summed E-state index contributed by atoms with van der Waals surface area (Å²) in [4.78, 5) is 8.19. The second-order valence-corrected chi connectivity index (χ2v) is 4.53. The van der Waals surface area contributed by atoms with E-state index in [1.807, 2.05) is 20.8 Å². The van der Waals surface area contributed by atoms with Crippen LogP contribution in [0.25, 0.3) is 0 Å². The molecule has 1 aromatic rings. The summed E-state index contributed by atoms with van der Waals surface area (Å²) in [7, 11) is 0. The van der Waals surface area contributed by atoms with Gasteiger partial charge in [-0.15, -0.1) is 6.58 Å². The topological polar surface area (TPSA) is 75.9 Å². The molecule has 88 valence electrons. The van der Waals surface area contributed by atoms with Gasteiger partial charge in [-0.2, -0.15) is 0 Å². The number of nitrogens with zero attached hydrogens (tertiary/aromatic N) is 2. The summed E-state index contributed by atoms with van der Waals surface area (Å²) in [5, 5.41) is 6.28. The molecule has 0 saturated heterocycles. The van der Waals surface area contributed by atoms with Gasteiger partial charge in [0.15, 0.2) is 11.6 Å². The molecule has 5 nitrogen and oxygen atoms in total. The van der Waals surface area contributed by atoms with Crippen molar-refractivity contribution in [2.45, 2.75) is 26.3 Å². The molecule has 4 N–H and O–H groups in total. The van der Waals surface area contributed by atoms with Crippen molar-refractivity contribution in [1.29, 1.82) is 0 Å². The van der Waals surface area contributed by atoms with Gasteiger partial charge in [-0.05, 0) is 20.8 Å². The van der Waals surface area contributed by atoms with E-state index in [1.54, 1.807) is 6.08 Å². The van der Waals surface area contributed by atoms with E-state index in [-0.39, 0.29) is 5.54 Å². The van der Waals surface area contributed by atoms with E-state index in [1.165, 1.54) is 6.33 Å². The van der Waals surface area contributed by atoms with E-state index in [9.17, 15) is 0 Å². The molecule has 1 heterocycles. The normalized spacial score (nSPS) is 10.9. The van der Waals surface area contributed by atoms with Crippen molar-refractivity contribution in [2.24, 2.45) is 0 Å². The number of hydrogen-bond acceptors (Lipinski definition) is 5. The maximum atomic E-state index is 5.95. The molecule has 0 fully saturated rings. The lowest BCUT2D eigenvalue weighted by atomic mass is 10.1. The third-order valence-corrected chi connectivity index (χ3v) is 1.79. The monoisotopic (exact) mass is 221 g/mol. The lowest BCUT2D eigenvalue weighted by Crippen LogP contribution is -2.27. The van der Waals surface area contributed by atoms with E-state index in [0.29, 0.717) is 23.9 Å². The lowest BCUT2D eigenvalue weighted by molar-refractivity contribution is 0.630. The standard InChI is InChI=1S/C11H19N5/c1-5-6-13-9-8(12)10(15-7-14-9)16-11(2,3)4/h5,7H,1,6,12H2,2-4H3,(H2,13,14,15,16). The second-order valence-electron chi connectivity index (χ2n) is 4.53. The van der Waals surface area contributed by atoms with E-state index >= 15 is 0 Å². The SMILES string of the molecule is C=CCNc1ncnc(NC(C)(C)C)c1N. The lowest BCUT2D eigenvalue weighted by Gasteiger charge is -2.22. The molecule has 0 atom stereocenters. The Morgan fingerprint density at radius 2 is 2.00 bits per heavy atom. The Morgan fingerprint density at radius 1 is 1.38 bits per heavy atom. The smallest absolute Gasteiger partial charge is 0.155 e. The van der Waals surface area contributed by atoms with Crippen molar-refractivity contribution in [1.82, 2.24) is 9.97 Å². The predicted octanol–water partition coefficient (Wildman–Crippen LogP) is 1.87. The molecule has 0 aliphatic rings. The van der Waals surface area contributed by atoms with E-state index in [0.717, 1.165) is 0 Å². The van der Waals surface area contributed by atoms with Gasteiger partial charge in [0.1, 0.15) is 12.0 Å². The summed E-state index contributed by atoms with van der Waals surface area (Å²) in [6, 6.07) is 0. The zero-order valence-corrected chi connectivity index (χ0v) is 10.0. The second kappa shape index (κ2) is 4.83. The first-order chi connectivity index (χ1) is 7.44. The van der Waals surface area contributed by atoms with E-state index in [2.05, 4.69) is 27.2 Å². The number of nitrogens with two attached hydrogens (primary N) is 1. The molecule has 0 aromatic carbocycles. The van der Waals surface area contributed by atoms with Crippen LogP contribution in [0, 0.1) is 0 Å². The molecule has 0 unspecified atom stereocenters. The fraction of sp³-hybridized carbons (Fsp3) is 0.455. The van der Waals surface area contributed by atoms with Crippen molar-refractivity contribution in [3.63, 3.8) is 0 Å². The molecule has 1 rings (SSSR count). The van der Waals surface area contributed by atoms with Crippen LogP contribution >= 0.6 is 0 Å². The fourth-order valence-corrected chi connectivity index (χ4v) is 1.16. The van der Waals surface area contributed by atoms with Crippen LogP contribution in [-0.2, 0) is 0 Å². The average molecular weight is 221 g/mol. The van der Waals surface area contributed by atoms with Crippen LogP contribution in [-0.4, -0.2) is 22.1 Å². The molecular formula is C11H19N5. The Labute approximate surface area is 96.2 Å². The highest BCUT2D eigenvalue weighted by molar-refractivity contribution is 5.74. The van der Waals surface area contributed by atoms with Gasteiger partial charge in [0.05, 0.1) is 0 Å². The zero-order valence-electron chi connectivity index (χ0n) is 10.0. The summed E-state index contributed by atoms with van der Waals surface area (Å²) in [6.07, 6.45) is 3.23. The van der Waals surface area contributed by atoms with Crippen LogP contribution in [0.3, 0.4) is 0 Å². The molecule has 0 aliphatic carbocycles. The van der Waals surface area contributed by atoms with Crippen LogP contribution in [0.4, 0.5) is 17.3 Å². The minimum Gasteiger partial charge on any atom is -0.393 e. The maximum Gasteiger partial charge on any atom is 0.155 e. The van der Waals surface area contributed by atoms with Gasteiger partial charge in [0.2, 0.25) is 0 Å². The van der Waals surface area contributed by atoms with Gasteiger partial charge in [-0.25, -0.2) is 9.97 Å². The van der Waals surface area contributed by atoms with Crippen LogP contribution < -0.4 is 16.4 Å². The molecule has 0 spiro atoms. The van der Waals surface area contributed by atoms with Gasteiger partial charge >= 0.3 is 0 Å². The number of hydrogen-bond donors (Lipinski definition) is 3. The Bertz CT molecular complexity index is 367. The zero-order chi connectivity index (χ0) is 12.2.